The summed E-state index contributed by atoms with van der Waals surface area (Å²) in [7, 11) is 0. The van der Waals surface area contributed by atoms with Crippen LogP contribution in [0.25, 0.3) is 34.4 Å². The molecule has 6 rings (SSSR count). The van der Waals surface area contributed by atoms with E-state index < -0.39 is 25.8 Å². The molecule has 4 aromatic carbocycles. The third-order valence-electron chi connectivity index (χ3n) is 9.19. The maximum atomic E-state index is 2.65. The molecule has 2 unspecified atom stereocenters. The summed E-state index contributed by atoms with van der Waals surface area (Å²) in [5.74, 6) is 0. The maximum Gasteiger partial charge on any atom is -1.00 e. The summed E-state index contributed by atoms with van der Waals surface area (Å²) < 4.78 is 1.34. The van der Waals surface area contributed by atoms with E-state index >= 15 is 0 Å². The zero-order valence-corrected chi connectivity index (χ0v) is 30.5. The van der Waals surface area contributed by atoms with E-state index in [1.165, 1.54) is 44.5 Å². The van der Waals surface area contributed by atoms with Gasteiger partial charge in [0.1, 0.15) is 0 Å². The molecule has 0 N–H and O–H groups in total. The molecule has 0 heterocycles. The first-order valence-electron chi connectivity index (χ1n) is 14.9. The predicted octanol–water partition coefficient (Wildman–Crippen LogP) is 4.91. The topological polar surface area (TPSA) is 0 Å². The normalized spacial score (nSPS) is 16.2. The van der Waals surface area contributed by atoms with Crippen LogP contribution in [0.15, 0.2) is 96.1 Å². The van der Waals surface area contributed by atoms with Crippen molar-refractivity contribution >= 4 is 17.6 Å². The molecule has 0 bridgehead atoms. The monoisotopic (exact) mass is 684 g/mol. The zero-order valence-electron chi connectivity index (χ0n) is 25.6. The number of fused-ring (bicyclic) bond motifs is 2. The second-order valence-corrected chi connectivity index (χ2v) is 29.6. The van der Waals surface area contributed by atoms with E-state index in [4.69, 9.17) is 0 Å². The van der Waals surface area contributed by atoms with Gasteiger partial charge in [0.2, 0.25) is 0 Å². The van der Waals surface area contributed by atoms with E-state index in [1.807, 2.05) is 0 Å². The Morgan fingerprint density at radius 3 is 1.29 bits per heavy atom. The summed E-state index contributed by atoms with van der Waals surface area (Å²) in [6.07, 6.45) is 7.53. The van der Waals surface area contributed by atoms with Crippen LogP contribution in [0.4, 0.5) is 0 Å². The average Bonchev–Trinajstić information content (AvgIpc) is 3.52. The second-order valence-electron chi connectivity index (χ2n) is 11.7. The number of benzene rings is 4. The van der Waals surface area contributed by atoms with Crippen molar-refractivity contribution in [3.8, 4) is 22.3 Å². The third-order valence-corrected chi connectivity index (χ3v) is 28.7. The molecule has 2 aliphatic carbocycles. The zero-order chi connectivity index (χ0) is 28.0. The molecule has 0 fully saturated rings. The summed E-state index contributed by atoms with van der Waals surface area (Å²) in [5.41, 5.74) is 17.6. The van der Waals surface area contributed by atoms with Crippen LogP contribution in [0.5, 0.6) is 0 Å². The average molecular weight is 687 g/mol. The SMILES string of the molecule is CCC1=Cc2c(-c3ccccc3C)cccc2[CH]1[Zr+2]([CH]1C(CC)=Cc2c(-c3ccccc3C)cccc21)=[Si](C)C.[Cl-].[Cl-]. The van der Waals surface area contributed by atoms with Gasteiger partial charge in [0.05, 0.1) is 0 Å². The predicted molar refractivity (Wildman–Crippen MR) is 173 cm³/mol. The van der Waals surface area contributed by atoms with Gasteiger partial charge in [-0.15, -0.1) is 0 Å². The number of halogens is 2. The van der Waals surface area contributed by atoms with Gasteiger partial charge in [-0.1, -0.05) is 0 Å². The first-order chi connectivity index (χ1) is 19.4. The van der Waals surface area contributed by atoms with E-state index in [9.17, 15) is 0 Å². The van der Waals surface area contributed by atoms with Crippen LogP contribution in [0.3, 0.4) is 0 Å². The van der Waals surface area contributed by atoms with Crippen LogP contribution >= 0.6 is 0 Å². The summed E-state index contributed by atoms with van der Waals surface area (Å²) in [6, 6.07) is 32.2. The first-order valence-corrected chi connectivity index (χ1v) is 23.9. The van der Waals surface area contributed by atoms with Gasteiger partial charge in [-0.2, -0.15) is 0 Å². The molecule has 42 heavy (non-hydrogen) atoms. The van der Waals surface area contributed by atoms with E-state index in [0.29, 0.717) is 7.25 Å². The molecular formula is C38H40Cl2SiZr. The molecule has 4 aromatic rings. The third kappa shape index (κ3) is 5.66. The van der Waals surface area contributed by atoms with Gasteiger partial charge < -0.3 is 24.8 Å². The molecule has 0 radical (unpaired) electrons. The Balaban J connectivity index is 0.00000202. The molecule has 0 aromatic heterocycles. The van der Waals surface area contributed by atoms with Crippen molar-refractivity contribution in [3.05, 3.63) is 129 Å². The number of aryl methyl sites for hydroxylation is 2. The Bertz CT molecular complexity index is 1600. The number of rotatable bonds is 6. The molecule has 2 aliphatic rings. The standard InChI is InChI=1S/2C18H17.C2H6Si.2ClH.Zr/c2*1-3-14-11-15-8-6-10-17(18(15)12-14)16-9-5-4-7-13(16)2;1-3-2;;;/h2*4-12H,3H2,1-2H3;1-2H3;2*1H;/q;;;;;+2/p-2. The van der Waals surface area contributed by atoms with Gasteiger partial charge in [-0.05, 0) is 0 Å². The van der Waals surface area contributed by atoms with Crippen LogP contribution in [0.1, 0.15) is 67.3 Å². The van der Waals surface area contributed by atoms with Gasteiger partial charge in [-0.3, -0.25) is 0 Å². The fourth-order valence-corrected chi connectivity index (χ4v) is 28.0. The maximum absolute atomic E-state index is 2.65. The molecule has 2 atom stereocenters. The Morgan fingerprint density at radius 1 is 0.548 bits per heavy atom. The molecule has 4 heteroatoms. The van der Waals surface area contributed by atoms with Crippen molar-refractivity contribution in [1.82, 2.24) is 0 Å². The van der Waals surface area contributed by atoms with Crippen molar-refractivity contribution in [1.29, 1.82) is 0 Å². The minimum Gasteiger partial charge on any atom is -1.00 e. The van der Waals surface area contributed by atoms with Crippen LogP contribution in [0.2, 0.25) is 13.1 Å². The summed E-state index contributed by atoms with van der Waals surface area (Å²) in [6.45, 7) is 14.6. The van der Waals surface area contributed by atoms with Gasteiger partial charge in [-0.25, -0.2) is 0 Å². The van der Waals surface area contributed by atoms with Crippen molar-refractivity contribution in [3.63, 3.8) is 0 Å². The van der Waals surface area contributed by atoms with Crippen molar-refractivity contribution in [2.45, 2.75) is 60.9 Å². The smallest absolute Gasteiger partial charge is 1.00 e. The van der Waals surface area contributed by atoms with Gasteiger partial charge in [0.15, 0.2) is 0 Å². The number of hydrogen-bond donors (Lipinski definition) is 0. The first kappa shape index (κ1) is 32.9. The van der Waals surface area contributed by atoms with E-state index in [1.54, 1.807) is 22.3 Å². The Hall–Kier alpha value is -1.96. The Labute approximate surface area is 273 Å². The Kier molecular flexibility index (Phi) is 10.8. The van der Waals surface area contributed by atoms with E-state index in [-0.39, 0.29) is 24.8 Å². The molecular weight excluding hydrogens is 647 g/mol. The number of hydrogen-bond acceptors (Lipinski definition) is 0. The molecule has 0 aliphatic heterocycles. The van der Waals surface area contributed by atoms with Crippen LogP contribution in [0, 0.1) is 13.8 Å². The van der Waals surface area contributed by atoms with Crippen molar-refractivity contribution in [2.24, 2.45) is 0 Å². The molecule has 0 spiro atoms. The van der Waals surface area contributed by atoms with Crippen molar-refractivity contribution in [2.75, 3.05) is 0 Å². The van der Waals surface area contributed by atoms with Crippen LogP contribution < -0.4 is 24.8 Å². The summed E-state index contributed by atoms with van der Waals surface area (Å²) in [4.78, 5) is 0. The van der Waals surface area contributed by atoms with Crippen molar-refractivity contribution < 1.29 is 45.2 Å². The van der Waals surface area contributed by atoms with Gasteiger partial charge >= 0.3 is 251 Å². The molecule has 0 nitrogen and oxygen atoms in total. The largest absolute Gasteiger partial charge is 1.00 e. The molecule has 0 amide bonds. The van der Waals surface area contributed by atoms with Gasteiger partial charge in [0, 0.05) is 0 Å². The molecule has 214 valence electrons. The van der Waals surface area contributed by atoms with E-state index in [2.05, 4.69) is 138 Å². The summed E-state index contributed by atoms with van der Waals surface area (Å²) >= 11 is -2.13. The fraction of sp³-hybridized carbons (Fsp3) is 0.263. The quantitative estimate of drug-likeness (QED) is 0.253. The molecule has 0 saturated heterocycles. The molecule has 0 saturated carbocycles. The fourth-order valence-electron chi connectivity index (χ4n) is 7.24. The van der Waals surface area contributed by atoms with Crippen LogP contribution in [-0.4, -0.2) is 5.43 Å². The van der Waals surface area contributed by atoms with Gasteiger partial charge in [0.25, 0.3) is 0 Å². The second kappa shape index (κ2) is 13.8. The van der Waals surface area contributed by atoms with E-state index in [0.717, 1.165) is 12.8 Å². The minimum absolute atomic E-state index is 0. The minimum atomic E-state index is -2.13. The summed E-state index contributed by atoms with van der Waals surface area (Å²) in [5, 5.41) is 0. The van der Waals surface area contributed by atoms with Crippen LogP contribution in [-0.2, 0) is 20.4 Å². The number of allylic oxidation sites excluding steroid dienone is 2. The Morgan fingerprint density at radius 2 is 0.929 bits per heavy atom.